The van der Waals surface area contributed by atoms with Crippen molar-refractivity contribution in [3.05, 3.63) is 48.0 Å². The van der Waals surface area contributed by atoms with Crippen molar-refractivity contribution in [2.24, 2.45) is 11.8 Å². The number of carbonyl (C=O) groups excluding carboxylic acids is 7. The Morgan fingerprint density at radius 1 is 0.919 bits per heavy atom. The molecule has 0 spiro atoms. The SMILES string of the molecule is COC(CC(=O)N1CCCC1C(OC)C(C)C(=O)NC(Cc1ccccc1)C(=O)O)C(C1CCCC1)N(C)C(=O)CNC(=O)C(C)(C)NC(=O)CCCCCN1C(=O)C=CC1=O. The van der Waals surface area contributed by atoms with Crippen molar-refractivity contribution < 1.29 is 52.9 Å². The highest BCUT2D eigenvalue weighted by Gasteiger charge is 2.43. The summed E-state index contributed by atoms with van der Waals surface area (Å²) in [6.45, 7) is 5.12. The van der Waals surface area contributed by atoms with Gasteiger partial charge in [0.1, 0.15) is 11.6 Å². The van der Waals surface area contributed by atoms with Crippen molar-refractivity contribution in [3.8, 4) is 0 Å². The van der Waals surface area contributed by atoms with Gasteiger partial charge >= 0.3 is 5.97 Å². The van der Waals surface area contributed by atoms with Crippen LogP contribution in [0.2, 0.25) is 0 Å². The van der Waals surface area contributed by atoms with Crippen molar-refractivity contribution in [3.63, 3.8) is 0 Å². The number of likely N-dealkylation sites (N-methyl/N-ethyl adjacent to an activating group) is 1. The normalized spacial score (nSPS) is 19.2. The number of nitrogens with one attached hydrogen (secondary N) is 3. The summed E-state index contributed by atoms with van der Waals surface area (Å²) in [6, 6.07) is 6.94. The maximum absolute atomic E-state index is 14.2. The lowest BCUT2D eigenvalue weighted by atomic mass is 9.89. The number of unbranched alkanes of at least 4 members (excludes halogenated alkanes) is 2. The number of methoxy groups -OCH3 is 2. The first-order valence-electron chi connectivity index (χ1n) is 21.8. The lowest BCUT2D eigenvalue weighted by Crippen LogP contribution is -2.57. The molecular formula is C45H66N6O11. The molecule has 3 aliphatic rings. The van der Waals surface area contributed by atoms with E-state index in [9.17, 15) is 43.5 Å². The molecule has 0 radical (unpaired) electrons. The monoisotopic (exact) mass is 866 g/mol. The van der Waals surface area contributed by atoms with Crippen LogP contribution in [0.3, 0.4) is 0 Å². The van der Waals surface area contributed by atoms with Gasteiger partial charge in [-0.15, -0.1) is 0 Å². The Hall–Kier alpha value is -5.16. The predicted octanol–water partition coefficient (Wildman–Crippen LogP) is 2.36. The molecule has 6 atom stereocenters. The van der Waals surface area contributed by atoms with E-state index in [1.54, 1.807) is 61.9 Å². The van der Waals surface area contributed by atoms with Gasteiger partial charge in [0, 0.05) is 59.4 Å². The number of carboxylic acids is 1. The molecule has 342 valence electrons. The minimum Gasteiger partial charge on any atom is -0.480 e. The molecule has 2 fully saturated rings. The fourth-order valence-corrected chi connectivity index (χ4v) is 8.96. The average Bonchev–Trinajstić information content (AvgIpc) is 4.02. The molecule has 0 bridgehead atoms. The molecule has 2 aliphatic heterocycles. The summed E-state index contributed by atoms with van der Waals surface area (Å²) in [5.74, 6) is -4.58. The van der Waals surface area contributed by atoms with E-state index in [-0.39, 0.29) is 67.8 Å². The van der Waals surface area contributed by atoms with Gasteiger partial charge in [-0.1, -0.05) is 56.5 Å². The van der Waals surface area contributed by atoms with E-state index in [4.69, 9.17) is 9.47 Å². The second-order valence-corrected chi connectivity index (χ2v) is 17.2. The molecule has 1 aliphatic carbocycles. The Bertz CT molecular complexity index is 1760. The number of rotatable bonds is 24. The number of ether oxygens (including phenoxy) is 2. The first kappa shape index (κ1) is 49.5. The molecule has 1 saturated heterocycles. The molecule has 4 N–H and O–H groups in total. The first-order valence-corrected chi connectivity index (χ1v) is 21.8. The third-order valence-electron chi connectivity index (χ3n) is 12.5. The van der Waals surface area contributed by atoms with E-state index in [0.717, 1.165) is 36.1 Å². The number of hydrogen-bond donors (Lipinski definition) is 4. The molecule has 6 unspecified atom stereocenters. The van der Waals surface area contributed by atoms with E-state index in [2.05, 4.69) is 16.0 Å². The second kappa shape index (κ2) is 23.3. The lowest BCUT2D eigenvalue weighted by molar-refractivity contribution is -0.147. The summed E-state index contributed by atoms with van der Waals surface area (Å²) >= 11 is 0. The Balaban J connectivity index is 1.32. The minimum atomic E-state index is -1.33. The third kappa shape index (κ3) is 13.4. The zero-order valence-electron chi connectivity index (χ0n) is 37.1. The van der Waals surface area contributed by atoms with Gasteiger partial charge in [-0.3, -0.25) is 38.5 Å². The van der Waals surface area contributed by atoms with Crippen LogP contribution in [0.5, 0.6) is 0 Å². The molecule has 2 heterocycles. The first-order chi connectivity index (χ1) is 29.5. The number of carboxylic acid groups (broad SMARTS) is 1. The molecule has 4 rings (SSSR count). The number of hydrogen-bond acceptors (Lipinski definition) is 10. The molecule has 17 nitrogen and oxygen atoms in total. The fraction of sp³-hybridized carbons (Fsp3) is 0.644. The molecule has 7 amide bonds. The smallest absolute Gasteiger partial charge is 0.326 e. The van der Waals surface area contributed by atoms with Gasteiger partial charge < -0.3 is 40.3 Å². The van der Waals surface area contributed by atoms with Crippen molar-refractivity contribution in [1.29, 1.82) is 0 Å². The topological polar surface area (TPSA) is 221 Å². The zero-order chi connectivity index (χ0) is 45.6. The maximum Gasteiger partial charge on any atom is 0.326 e. The fourth-order valence-electron chi connectivity index (χ4n) is 8.96. The lowest BCUT2D eigenvalue weighted by Gasteiger charge is -2.39. The minimum absolute atomic E-state index is 0.0436. The quantitative estimate of drug-likeness (QED) is 0.0873. The highest BCUT2D eigenvalue weighted by Crippen LogP contribution is 2.34. The van der Waals surface area contributed by atoms with Crippen LogP contribution in [0, 0.1) is 11.8 Å². The Labute approximate surface area is 364 Å². The number of likely N-dealkylation sites (tertiary alicyclic amines) is 1. The van der Waals surface area contributed by atoms with Gasteiger partial charge in [0.2, 0.25) is 29.5 Å². The molecule has 17 heteroatoms. The third-order valence-corrected chi connectivity index (χ3v) is 12.5. The largest absolute Gasteiger partial charge is 0.480 e. The van der Waals surface area contributed by atoms with E-state index >= 15 is 0 Å². The molecular weight excluding hydrogens is 801 g/mol. The predicted molar refractivity (Wildman–Crippen MR) is 228 cm³/mol. The highest BCUT2D eigenvalue weighted by molar-refractivity contribution is 6.12. The molecule has 1 aromatic rings. The van der Waals surface area contributed by atoms with Gasteiger partial charge in [-0.05, 0) is 63.9 Å². The van der Waals surface area contributed by atoms with Gasteiger partial charge in [0.05, 0.1) is 43.2 Å². The number of amides is 7. The number of imide groups is 1. The van der Waals surface area contributed by atoms with Crippen LogP contribution in [-0.4, -0.2) is 144 Å². The van der Waals surface area contributed by atoms with Crippen molar-refractivity contribution in [1.82, 2.24) is 30.7 Å². The summed E-state index contributed by atoms with van der Waals surface area (Å²) in [4.78, 5) is 107. The zero-order valence-corrected chi connectivity index (χ0v) is 37.1. The number of benzene rings is 1. The summed E-state index contributed by atoms with van der Waals surface area (Å²) < 4.78 is 11.9. The summed E-state index contributed by atoms with van der Waals surface area (Å²) in [5, 5.41) is 18.0. The van der Waals surface area contributed by atoms with Crippen LogP contribution in [0.25, 0.3) is 0 Å². The van der Waals surface area contributed by atoms with E-state index in [0.29, 0.717) is 38.6 Å². The number of nitrogens with zero attached hydrogens (tertiary/aromatic N) is 3. The van der Waals surface area contributed by atoms with Crippen LogP contribution >= 0.6 is 0 Å². The summed E-state index contributed by atoms with van der Waals surface area (Å²) in [6.07, 6.45) is 7.76. The van der Waals surface area contributed by atoms with Gasteiger partial charge in [-0.2, -0.15) is 0 Å². The Kier molecular flexibility index (Phi) is 18.6. The summed E-state index contributed by atoms with van der Waals surface area (Å²) in [7, 11) is 4.64. The van der Waals surface area contributed by atoms with Gasteiger partial charge in [0.15, 0.2) is 0 Å². The molecule has 0 aromatic heterocycles. The van der Waals surface area contributed by atoms with Crippen molar-refractivity contribution in [2.45, 2.75) is 134 Å². The van der Waals surface area contributed by atoms with Crippen LogP contribution in [0.15, 0.2) is 42.5 Å². The molecule has 62 heavy (non-hydrogen) atoms. The van der Waals surface area contributed by atoms with Crippen molar-refractivity contribution >= 4 is 47.3 Å². The average molecular weight is 867 g/mol. The van der Waals surface area contributed by atoms with Gasteiger partial charge in [-0.25, -0.2) is 4.79 Å². The number of carbonyl (C=O) groups is 8. The van der Waals surface area contributed by atoms with Crippen LogP contribution in [-0.2, 0) is 54.3 Å². The number of aliphatic carboxylic acids is 1. The maximum atomic E-state index is 14.2. The molecule has 1 saturated carbocycles. The van der Waals surface area contributed by atoms with Gasteiger partial charge in [0.25, 0.3) is 11.8 Å². The molecule has 1 aromatic carbocycles. The van der Waals surface area contributed by atoms with Crippen molar-refractivity contribution in [2.75, 3.05) is 40.9 Å². The highest BCUT2D eigenvalue weighted by atomic mass is 16.5. The summed E-state index contributed by atoms with van der Waals surface area (Å²) in [5.41, 5.74) is -0.560. The van der Waals surface area contributed by atoms with Crippen LogP contribution < -0.4 is 16.0 Å². The second-order valence-electron chi connectivity index (χ2n) is 17.2. The standard InChI is InChI=1S/C45H66N6O11/c1-29(42(57)47-32(43(58)59)26-30-16-9-7-10-17-30)41(62-6)33-20-15-25-50(33)38(55)27-34(61-5)40(31-18-12-13-19-31)49(4)39(56)28-46-44(60)45(2,3)48-35(52)21-11-8-14-24-51-36(53)22-23-37(51)54/h7,9-10,16-17,22-23,29,31-34,40-41H,8,11-15,18-21,24-28H2,1-6H3,(H,46,60)(H,47,57)(H,48,52)(H,58,59). The van der Waals surface area contributed by atoms with E-state index < -0.39 is 59.6 Å². The van der Waals surface area contributed by atoms with Crippen LogP contribution in [0.1, 0.15) is 97.0 Å². The van der Waals surface area contributed by atoms with E-state index in [1.165, 1.54) is 26.4 Å². The van der Waals surface area contributed by atoms with E-state index in [1.807, 2.05) is 6.07 Å². The Morgan fingerprint density at radius 3 is 2.19 bits per heavy atom. The van der Waals surface area contributed by atoms with Crippen LogP contribution in [0.4, 0.5) is 0 Å². The Morgan fingerprint density at radius 2 is 1.58 bits per heavy atom.